The van der Waals surface area contributed by atoms with Crippen LogP contribution in [0.1, 0.15) is 23.7 Å². The van der Waals surface area contributed by atoms with Gasteiger partial charge in [-0.05, 0) is 24.6 Å². The Bertz CT molecular complexity index is 663. The summed E-state index contributed by atoms with van der Waals surface area (Å²) in [7, 11) is 1.61. The van der Waals surface area contributed by atoms with Gasteiger partial charge in [0.2, 0.25) is 5.91 Å². The molecule has 2 amide bonds. The monoisotopic (exact) mass is 288 g/mol. The highest BCUT2D eigenvalue weighted by atomic mass is 16.2. The third-order valence-corrected chi connectivity index (χ3v) is 3.24. The molecule has 0 atom stereocenters. The minimum Gasteiger partial charge on any atom is -0.399 e. The van der Waals surface area contributed by atoms with Crippen LogP contribution in [-0.4, -0.2) is 41.8 Å². The fourth-order valence-electron chi connectivity index (χ4n) is 2.13. The smallest absolute Gasteiger partial charge is 0.256 e. The van der Waals surface area contributed by atoms with Gasteiger partial charge in [0, 0.05) is 36.4 Å². The van der Waals surface area contributed by atoms with Gasteiger partial charge in [0.05, 0.1) is 12.1 Å². The number of benzene rings is 1. The van der Waals surface area contributed by atoms with Gasteiger partial charge in [-0.3, -0.25) is 9.59 Å². The molecule has 0 spiro atoms. The van der Waals surface area contributed by atoms with Crippen molar-refractivity contribution in [3.63, 3.8) is 0 Å². The van der Waals surface area contributed by atoms with Crippen molar-refractivity contribution in [1.29, 1.82) is 0 Å². The molecule has 0 aliphatic heterocycles. The van der Waals surface area contributed by atoms with E-state index >= 15 is 0 Å². The highest BCUT2D eigenvalue weighted by Crippen LogP contribution is 2.21. The Balaban J connectivity index is 2.14. The van der Waals surface area contributed by atoms with E-state index in [-0.39, 0.29) is 18.4 Å². The number of hydrogen-bond donors (Lipinski definition) is 3. The van der Waals surface area contributed by atoms with E-state index in [2.05, 4.69) is 10.3 Å². The van der Waals surface area contributed by atoms with Gasteiger partial charge in [-0.25, -0.2) is 0 Å². The van der Waals surface area contributed by atoms with Crippen LogP contribution in [0.5, 0.6) is 0 Å². The van der Waals surface area contributed by atoms with Crippen LogP contribution < -0.4 is 11.1 Å². The Morgan fingerprint density at radius 1 is 1.38 bits per heavy atom. The van der Waals surface area contributed by atoms with Crippen LogP contribution in [0.15, 0.2) is 24.4 Å². The number of rotatable bonds is 5. The van der Waals surface area contributed by atoms with Crippen LogP contribution in [0.4, 0.5) is 5.69 Å². The standard InChI is InChI=1S/C15H20N4O2/c1-3-6-17-14(20)9-19(2)15(21)12-8-18-13-5-4-10(16)7-11(12)13/h4-5,7-8,18H,3,6,9,16H2,1-2H3,(H,17,20). The Hall–Kier alpha value is -2.50. The summed E-state index contributed by atoms with van der Waals surface area (Å²) in [5.74, 6) is -0.370. The molecule has 6 heteroatoms. The lowest BCUT2D eigenvalue weighted by Crippen LogP contribution is -2.38. The molecule has 1 aromatic carbocycles. The molecular formula is C15H20N4O2. The molecular weight excluding hydrogens is 268 g/mol. The minimum atomic E-state index is -0.210. The molecule has 21 heavy (non-hydrogen) atoms. The average Bonchev–Trinajstić information content (AvgIpc) is 2.87. The van der Waals surface area contributed by atoms with Gasteiger partial charge in [-0.2, -0.15) is 0 Å². The molecule has 4 N–H and O–H groups in total. The van der Waals surface area contributed by atoms with Crippen molar-refractivity contribution in [1.82, 2.24) is 15.2 Å². The van der Waals surface area contributed by atoms with Gasteiger partial charge in [0.1, 0.15) is 0 Å². The molecule has 6 nitrogen and oxygen atoms in total. The summed E-state index contributed by atoms with van der Waals surface area (Å²) in [4.78, 5) is 28.5. The molecule has 2 rings (SSSR count). The summed E-state index contributed by atoms with van der Waals surface area (Å²) in [5.41, 5.74) is 7.72. The lowest BCUT2D eigenvalue weighted by Gasteiger charge is -2.16. The van der Waals surface area contributed by atoms with Gasteiger partial charge in [0.25, 0.3) is 5.91 Å². The summed E-state index contributed by atoms with van der Waals surface area (Å²) in [6.07, 6.45) is 2.51. The Morgan fingerprint density at radius 2 is 2.14 bits per heavy atom. The number of aromatic amines is 1. The summed E-state index contributed by atoms with van der Waals surface area (Å²) < 4.78 is 0. The van der Waals surface area contributed by atoms with E-state index < -0.39 is 0 Å². The third kappa shape index (κ3) is 3.34. The number of nitrogens with one attached hydrogen (secondary N) is 2. The maximum atomic E-state index is 12.4. The van der Waals surface area contributed by atoms with Crippen molar-refractivity contribution in [2.45, 2.75) is 13.3 Å². The fourth-order valence-corrected chi connectivity index (χ4v) is 2.13. The van der Waals surface area contributed by atoms with Crippen molar-refractivity contribution >= 4 is 28.4 Å². The quantitative estimate of drug-likeness (QED) is 0.725. The molecule has 2 aromatic rings. The summed E-state index contributed by atoms with van der Waals surface area (Å²) >= 11 is 0. The Kier molecular flexibility index (Phi) is 4.47. The predicted molar refractivity (Wildman–Crippen MR) is 83.0 cm³/mol. The lowest BCUT2D eigenvalue weighted by molar-refractivity contribution is -0.121. The van der Waals surface area contributed by atoms with E-state index in [1.165, 1.54) is 4.90 Å². The van der Waals surface area contributed by atoms with Crippen molar-refractivity contribution in [2.75, 3.05) is 25.9 Å². The molecule has 0 unspecified atom stereocenters. The zero-order valence-electron chi connectivity index (χ0n) is 12.3. The third-order valence-electron chi connectivity index (χ3n) is 3.24. The fraction of sp³-hybridized carbons (Fsp3) is 0.333. The lowest BCUT2D eigenvalue weighted by atomic mass is 10.1. The SMILES string of the molecule is CCCNC(=O)CN(C)C(=O)c1c[nH]c2ccc(N)cc12. The van der Waals surface area contributed by atoms with Crippen molar-refractivity contribution in [3.8, 4) is 0 Å². The first kappa shape index (κ1) is 14.9. The first-order chi connectivity index (χ1) is 10.0. The van der Waals surface area contributed by atoms with Gasteiger partial charge in [-0.15, -0.1) is 0 Å². The average molecular weight is 288 g/mol. The van der Waals surface area contributed by atoms with E-state index in [9.17, 15) is 9.59 Å². The van der Waals surface area contributed by atoms with Gasteiger partial charge in [-0.1, -0.05) is 6.92 Å². The Labute approximate surface area is 123 Å². The highest BCUT2D eigenvalue weighted by molar-refractivity contribution is 6.08. The summed E-state index contributed by atoms with van der Waals surface area (Å²) in [5, 5.41) is 3.51. The van der Waals surface area contributed by atoms with Crippen molar-refractivity contribution in [2.24, 2.45) is 0 Å². The molecule has 1 heterocycles. The first-order valence-corrected chi connectivity index (χ1v) is 6.91. The van der Waals surface area contributed by atoms with Crippen molar-refractivity contribution in [3.05, 3.63) is 30.0 Å². The number of nitrogen functional groups attached to an aromatic ring is 1. The van der Waals surface area contributed by atoms with E-state index in [0.29, 0.717) is 17.8 Å². The molecule has 0 saturated carbocycles. The van der Waals surface area contributed by atoms with Crippen LogP contribution in [0.3, 0.4) is 0 Å². The normalized spacial score (nSPS) is 10.6. The highest BCUT2D eigenvalue weighted by Gasteiger charge is 2.18. The second-order valence-electron chi connectivity index (χ2n) is 5.02. The van der Waals surface area contributed by atoms with Crippen LogP contribution in [0, 0.1) is 0 Å². The van der Waals surface area contributed by atoms with E-state index in [0.717, 1.165) is 17.3 Å². The number of nitrogens with zero attached hydrogens (tertiary/aromatic N) is 1. The number of likely N-dealkylation sites (N-methyl/N-ethyl adjacent to an activating group) is 1. The topological polar surface area (TPSA) is 91.2 Å². The van der Waals surface area contributed by atoms with Crippen LogP contribution in [0.25, 0.3) is 10.9 Å². The number of amides is 2. The number of nitrogens with two attached hydrogens (primary N) is 1. The second kappa shape index (κ2) is 6.30. The van der Waals surface area contributed by atoms with Crippen molar-refractivity contribution < 1.29 is 9.59 Å². The number of fused-ring (bicyclic) bond motifs is 1. The molecule has 0 bridgehead atoms. The molecule has 0 aliphatic rings. The van der Waals surface area contributed by atoms with Gasteiger partial charge < -0.3 is 20.9 Å². The molecule has 0 aliphatic carbocycles. The maximum Gasteiger partial charge on any atom is 0.256 e. The van der Waals surface area contributed by atoms with Gasteiger partial charge in [0.15, 0.2) is 0 Å². The molecule has 0 fully saturated rings. The second-order valence-corrected chi connectivity index (χ2v) is 5.02. The number of carbonyl (C=O) groups is 2. The molecule has 0 radical (unpaired) electrons. The molecule has 0 saturated heterocycles. The summed E-state index contributed by atoms with van der Waals surface area (Å²) in [6, 6.07) is 5.36. The number of hydrogen-bond acceptors (Lipinski definition) is 3. The van der Waals surface area contributed by atoms with Gasteiger partial charge >= 0.3 is 0 Å². The minimum absolute atomic E-state index is 0.0355. The number of anilines is 1. The zero-order chi connectivity index (χ0) is 15.4. The predicted octanol–water partition coefficient (Wildman–Crippen LogP) is 1.35. The van der Waals surface area contributed by atoms with Crippen LogP contribution in [0.2, 0.25) is 0 Å². The summed E-state index contributed by atoms with van der Waals surface area (Å²) in [6.45, 7) is 2.63. The first-order valence-electron chi connectivity index (χ1n) is 6.91. The number of carbonyl (C=O) groups excluding carboxylic acids is 2. The van der Waals surface area contributed by atoms with Crippen LogP contribution >= 0.6 is 0 Å². The maximum absolute atomic E-state index is 12.4. The Morgan fingerprint density at radius 3 is 2.86 bits per heavy atom. The number of H-pyrrole nitrogens is 1. The molecule has 112 valence electrons. The number of aromatic nitrogens is 1. The molecule has 1 aromatic heterocycles. The van der Waals surface area contributed by atoms with Crippen LogP contribution in [-0.2, 0) is 4.79 Å². The van der Waals surface area contributed by atoms with E-state index in [1.54, 1.807) is 25.4 Å². The largest absolute Gasteiger partial charge is 0.399 e. The zero-order valence-corrected chi connectivity index (χ0v) is 12.3. The van der Waals surface area contributed by atoms with E-state index in [4.69, 9.17) is 5.73 Å². The van der Waals surface area contributed by atoms with E-state index in [1.807, 2.05) is 13.0 Å².